The Balaban J connectivity index is 1.96. The number of aryl methyl sites for hydroxylation is 3. The van der Waals surface area contributed by atoms with Gasteiger partial charge in [0.05, 0.1) is 28.8 Å². The Morgan fingerprint density at radius 3 is 2.88 bits per heavy atom. The van der Waals surface area contributed by atoms with Gasteiger partial charge in [-0.05, 0) is 44.0 Å². The lowest BCUT2D eigenvalue weighted by atomic mass is 10.1. The first-order valence-electron chi connectivity index (χ1n) is 8.37. The van der Waals surface area contributed by atoms with Gasteiger partial charge in [0.1, 0.15) is 0 Å². The van der Waals surface area contributed by atoms with Crippen LogP contribution in [0, 0.1) is 6.92 Å². The second kappa shape index (κ2) is 7.35. The Kier molecular flexibility index (Phi) is 4.97. The van der Waals surface area contributed by atoms with Crippen LogP contribution in [0.15, 0.2) is 41.6 Å². The lowest BCUT2D eigenvalue weighted by Gasteiger charge is -2.10. The molecule has 0 aliphatic carbocycles. The number of ether oxygens (including phenoxy) is 1. The summed E-state index contributed by atoms with van der Waals surface area (Å²) in [5.74, 6) is -0.475. The molecule has 0 atom stereocenters. The molecule has 3 heterocycles. The third-order valence-electron chi connectivity index (χ3n) is 4.20. The second-order valence-electron chi connectivity index (χ2n) is 5.91. The average molecular weight is 352 g/mol. The zero-order chi connectivity index (χ0) is 18.7. The Morgan fingerprint density at radius 1 is 1.35 bits per heavy atom. The molecular weight excluding hydrogens is 332 g/mol. The number of aromatic nitrogens is 3. The quantitative estimate of drug-likeness (QED) is 0.706. The number of nitrogens with zero attached hydrogens (tertiary/aromatic N) is 3. The number of fused-ring (bicyclic) bond motifs is 1. The fourth-order valence-electron chi connectivity index (χ4n) is 2.78. The maximum atomic E-state index is 12.8. The van der Waals surface area contributed by atoms with Crippen LogP contribution in [0.25, 0.3) is 10.9 Å². The molecule has 0 aliphatic rings. The summed E-state index contributed by atoms with van der Waals surface area (Å²) in [5, 5.41) is 0.389. The number of anilines is 1. The number of carbonyl (C=O) groups excluding carboxylic acids is 1. The molecule has 0 unspecified atom stereocenters. The van der Waals surface area contributed by atoms with Crippen molar-refractivity contribution in [3.05, 3.63) is 64.0 Å². The molecule has 0 amide bonds. The number of carbonyl (C=O) groups is 1. The smallest absolute Gasteiger partial charge is 0.339 e. The molecule has 0 spiro atoms. The second-order valence-corrected chi connectivity index (χ2v) is 5.91. The van der Waals surface area contributed by atoms with Crippen molar-refractivity contribution in [3.8, 4) is 0 Å². The lowest BCUT2D eigenvalue weighted by molar-refractivity contribution is 0.0525. The molecule has 7 nitrogen and oxygen atoms in total. The number of rotatable bonds is 5. The Labute approximate surface area is 150 Å². The van der Waals surface area contributed by atoms with Crippen molar-refractivity contribution in [2.75, 3.05) is 12.3 Å². The minimum absolute atomic E-state index is 0.206. The molecule has 0 aliphatic heterocycles. The first-order valence-corrected chi connectivity index (χ1v) is 8.37. The van der Waals surface area contributed by atoms with Crippen molar-refractivity contribution in [1.29, 1.82) is 0 Å². The SMILES string of the molecule is CCOC(=O)c1cc2c(=O)n(CCc3cnccc3N)ccc2nc1C. The van der Waals surface area contributed by atoms with E-state index >= 15 is 0 Å². The van der Waals surface area contributed by atoms with Crippen molar-refractivity contribution in [2.24, 2.45) is 0 Å². The molecule has 0 bridgehead atoms. The summed E-state index contributed by atoms with van der Waals surface area (Å²) in [7, 11) is 0. The highest BCUT2D eigenvalue weighted by Crippen LogP contribution is 2.15. The van der Waals surface area contributed by atoms with Gasteiger partial charge < -0.3 is 15.0 Å². The molecule has 0 fully saturated rings. The van der Waals surface area contributed by atoms with Gasteiger partial charge in [-0.2, -0.15) is 0 Å². The minimum atomic E-state index is -0.475. The van der Waals surface area contributed by atoms with Gasteiger partial charge in [0.15, 0.2) is 0 Å². The number of hydrogen-bond acceptors (Lipinski definition) is 6. The van der Waals surface area contributed by atoms with Gasteiger partial charge >= 0.3 is 5.97 Å². The molecule has 7 heteroatoms. The van der Waals surface area contributed by atoms with E-state index in [1.165, 1.54) is 0 Å². The molecule has 134 valence electrons. The van der Waals surface area contributed by atoms with E-state index in [9.17, 15) is 9.59 Å². The molecule has 3 aromatic rings. The van der Waals surface area contributed by atoms with Crippen molar-refractivity contribution in [2.45, 2.75) is 26.8 Å². The van der Waals surface area contributed by atoms with Gasteiger partial charge in [-0.1, -0.05) is 0 Å². The van der Waals surface area contributed by atoms with Crippen LogP contribution in [-0.2, 0) is 17.7 Å². The van der Waals surface area contributed by atoms with Gasteiger partial charge in [0, 0.05) is 30.8 Å². The minimum Gasteiger partial charge on any atom is -0.462 e. The molecular formula is C19H20N4O3. The van der Waals surface area contributed by atoms with E-state index in [0.717, 1.165) is 5.56 Å². The zero-order valence-electron chi connectivity index (χ0n) is 14.7. The summed E-state index contributed by atoms with van der Waals surface area (Å²) in [5.41, 5.74) is 8.65. The van der Waals surface area contributed by atoms with E-state index in [2.05, 4.69) is 9.97 Å². The maximum absolute atomic E-state index is 12.8. The van der Waals surface area contributed by atoms with E-state index < -0.39 is 5.97 Å². The van der Waals surface area contributed by atoms with Crippen LogP contribution < -0.4 is 11.3 Å². The van der Waals surface area contributed by atoms with Gasteiger partial charge in [-0.25, -0.2) is 4.79 Å². The highest BCUT2D eigenvalue weighted by Gasteiger charge is 2.15. The number of nitrogens with two attached hydrogens (primary N) is 1. The molecule has 26 heavy (non-hydrogen) atoms. The van der Waals surface area contributed by atoms with Crippen LogP contribution in [-0.4, -0.2) is 27.1 Å². The van der Waals surface area contributed by atoms with Crippen molar-refractivity contribution in [3.63, 3.8) is 0 Å². The zero-order valence-corrected chi connectivity index (χ0v) is 14.7. The topological polar surface area (TPSA) is 100 Å². The molecule has 0 saturated heterocycles. The molecule has 2 N–H and O–H groups in total. The van der Waals surface area contributed by atoms with Crippen LogP contribution in [0.5, 0.6) is 0 Å². The molecule has 3 rings (SSSR count). The van der Waals surface area contributed by atoms with E-state index in [0.29, 0.717) is 40.8 Å². The standard InChI is InChI=1S/C19H20N4O3/c1-3-26-19(25)14-10-15-17(22-12(14)2)6-9-23(18(15)24)8-5-13-11-21-7-4-16(13)20/h4,6-7,9-11H,3,5,8H2,1-2H3,(H2,20,21). The van der Waals surface area contributed by atoms with E-state index in [4.69, 9.17) is 10.5 Å². The van der Waals surface area contributed by atoms with Gasteiger partial charge in [0.2, 0.25) is 0 Å². The van der Waals surface area contributed by atoms with Crippen LogP contribution in [0.4, 0.5) is 5.69 Å². The summed E-state index contributed by atoms with van der Waals surface area (Å²) >= 11 is 0. The normalized spacial score (nSPS) is 10.8. The summed E-state index contributed by atoms with van der Waals surface area (Å²) in [6.45, 7) is 4.18. The lowest BCUT2D eigenvalue weighted by Crippen LogP contribution is -2.22. The van der Waals surface area contributed by atoms with Crippen molar-refractivity contribution in [1.82, 2.24) is 14.5 Å². The van der Waals surface area contributed by atoms with Crippen molar-refractivity contribution < 1.29 is 9.53 Å². The highest BCUT2D eigenvalue weighted by atomic mass is 16.5. The molecule has 3 aromatic heterocycles. The number of pyridine rings is 3. The first kappa shape index (κ1) is 17.6. The number of nitrogen functional groups attached to an aromatic ring is 1. The Bertz CT molecular complexity index is 1030. The van der Waals surface area contributed by atoms with E-state index in [1.54, 1.807) is 55.2 Å². The fraction of sp³-hybridized carbons (Fsp3) is 0.263. The van der Waals surface area contributed by atoms with Crippen LogP contribution in [0.2, 0.25) is 0 Å². The Hall–Kier alpha value is -3.22. The third-order valence-corrected chi connectivity index (χ3v) is 4.20. The average Bonchev–Trinajstić information content (AvgIpc) is 2.62. The monoisotopic (exact) mass is 352 g/mol. The van der Waals surface area contributed by atoms with Gasteiger partial charge in [-0.15, -0.1) is 0 Å². The van der Waals surface area contributed by atoms with Crippen molar-refractivity contribution >= 4 is 22.6 Å². The maximum Gasteiger partial charge on any atom is 0.339 e. The van der Waals surface area contributed by atoms with Crippen LogP contribution >= 0.6 is 0 Å². The molecule has 0 radical (unpaired) electrons. The first-order chi connectivity index (χ1) is 12.5. The predicted octanol–water partition coefficient (Wildman–Crippen LogP) is 2.10. The largest absolute Gasteiger partial charge is 0.462 e. The van der Waals surface area contributed by atoms with E-state index in [-0.39, 0.29) is 12.2 Å². The Morgan fingerprint density at radius 2 is 2.15 bits per heavy atom. The summed E-state index contributed by atoms with van der Waals surface area (Å²) in [6, 6.07) is 5.06. The number of hydrogen-bond donors (Lipinski definition) is 1. The van der Waals surface area contributed by atoms with Crippen LogP contribution in [0.1, 0.15) is 28.5 Å². The third kappa shape index (κ3) is 3.42. The van der Waals surface area contributed by atoms with Crippen LogP contribution in [0.3, 0.4) is 0 Å². The van der Waals surface area contributed by atoms with E-state index in [1.807, 2.05) is 0 Å². The predicted molar refractivity (Wildman–Crippen MR) is 99.0 cm³/mol. The molecule has 0 aromatic carbocycles. The number of esters is 1. The summed E-state index contributed by atoms with van der Waals surface area (Å²) in [4.78, 5) is 33.3. The summed E-state index contributed by atoms with van der Waals surface area (Å²) in [6.07, 6.45) is 5.61. The van der Waals surface area contributed by atoms with Gasteiger partial charge in [0.25, 0.3) is 5.56 Å². The summed E-state index contributed by atoms with van der Waals surface area (Å²) < 4.78 is 6.62. The molecule has 0 saturated carbocycles. The highest BCUT2D eigenvalue weighted by molar-refractivity contribution is 5.94. The van der Waals surface area contributed by atoms with Gasteiger partial charge in [-0.3, -0.25) is 14.8 Å². The fourth-order valence-corrected chi connectivity index (χ4v) is 2.78.